The number of aryl methyl sites for hydroxylation is 2. The molecule has 1 aromatic heterocycles. The molecule has 3 aromatic rings. The average molecular weight is 458 g/mol. The number of benzene rings is 2. The second-order valence-electron chi connectivity index (χ2n) is 5.83. The lowest BCUT2D eigenvalue weighted by Crippen LogP contribution is -2.14. The van der Waals surface area contributed by atoms with Crippen molar-refractivity contribution in [3.8, 4) is 11.5 Å². The molecule has 26 heavy (non-hydrogen) atoms. The van der Waals surface area contributed by atoms with Gasteiger partial charge >= 0.3 is 0 Å². The van der Waals surface area contributed by atoms with Crippen LogP contribution < -0.4 is 10.1 Å². The summed E-state index contributed by atoms with van der Waals surface area (Å²) in [6.45, 7) is 3.89. The van der Waals surface area contributed by atoms with Gasteiger partial charge in [-0.3, -0.25) is 9.78 Å². The zero-order valence-electron chi connectivity index (χ0n) is 14.6. The van der Waals surface area contributed by atoms with Crippen molar-refractivity contribution in [1.82, 2.24) is 4.98 Å². The number of amides is 1. The molecule has 0 fully saturated rings. The fraction of sp³-hybridized carbons (Fsp3) is 0.143. The van der Waals surface area contributed by atoms with Gasteiger partial charge in [0.1, 0.15) is 11.5 Å². The molecule has 1 heterocycles. The molecule has 1 amide bonds. The molecule has 0 saturated carbocycles. The number of nitrogens with zero attached hydrogens (tertiary/aromatic N) is 1. The third kappa shape index (κ3) is 4.60. The minimum atomic E-state index is -0.177. The maximum Gasteiger partial charge on any atom is 0.257 e. The van der Waals surface area contributed by atoms with E-state index in [9.17, 15) is 4.79 Å². The van der Waals surface area contributed by atoms with Gasteiger partial charge in [-0.25, -0.2) is 0 Å². The molecule has 2 aromatic carbocycles. The zero-order chi connectivity index (χ0) is 18.5. The highest BCUT2D eigenvalue weighted by Crippen LogP contribution is 2.25. The SMILES string of the molecule is CCc1ccc(C(=O)Nc2cccc(Oc3ccc(I)cc3)c2)c(C)n1. The van der Waals surface area contributed by atoms with Gasteiger partial charge in [0.05, 0.1) is 11.3 Å². The monoisotopic (exact) mass is 458 g/mol. The van der Waals surface area contributed by atoms with Crippen molar-refractivity contribution in [2.75, 3.05) is 5.32 Å². The first kappa shape index (κ1) is 18.4. The molecule has 132 valence electrons. The topological polar surface area (TPSA) is 51.2 Å². The predicted molar refractivity (Wildman–Crippen MR) is 112 cm³/mol. The fourth-order valence-corrected chi connectivity index (χ4v) is 2.88. The predicted octanol–water partition coefficient (Wildman–Crippen LogP) is 5.60. The third-order valence-corrected chi connectivity index (χ3v) is 4.61. The second-order valence-corrected chi connectivity index (χ2v) is 7.07. The first-order valence-corrected chi connectivity index (χ1v) is 9.44. The van der Waals surface area contributed by atoms with E-state index in [4.69, 9.17) is 4.74 Å². The summed E-state index contributed by atoms with van der Waals surface area (Å²) >= 11 is 2.25. The Labute approximate surface area is 166 Å². The minimum Gasteiger partial charge on any atom is -0.457 e. The van der Waals surface area contributed by atoms with Crippen LogP contribution in [0.4, 0.5) is 5.69 Å². The number of halogens is 1. The van der Waals surface area contributed by atoms with Gasteiger partial charge in [-0.15, -0.1) is 0 Å². The molecule has 0 aliphatic carbocycles. The summed E-state index contributed by atoms with van der Waals surface area (Å²) in [5.74, 6) is 1.24. The first-order chi connectivity index (χ1) is 12.5. The molecule has 0 saturated heterocycles. The smallest absolute Gasteiger partial charge is 0.257 e. The number of pyridine rings is 1. The molecule has 0 bridgehead atoms. The van der Waals surface area contributed by atoms with Crippen molar-refractivity contribution >= 4 is 34.2 Å². The summed E-state index contributed by atoms with van der Waals surface area (Å²) in [7, 11) is 0. The Morgan fingerprint density at radius 1 is 1.08 bits per heavy atom. The van der Waals surface area contributed by atoms with E-state index >= 15 is 0 Å². The third-order valence-electron chi connectivity index (χ3n) is 3.89. The highest BCUT2D eigenvalue weighted by atomic mass is 127. The normalized spacial score (nSPS) is 10.4. The summed E-state index contributed by atoms with van der Waals surface area (Å²) in [4.78, 5) is 17.0. The van der Waals surface area contributed by atoms with E-state index in [-0.39, 0.29) is 5.91 Å². The van der Waals surface area contributed by atoms with Crippen molar-refractivity contribution in [2.24, 2.45) is 0 Å². The van der Waals surface area contributed by atoms with E-state index in [1.165, 1.54) is 0 Å². The Kier molecular flexibility index (Phi) is 5.88. The van der Waals surface area contributed by atoms with Gasteiger partial charge in [-0.1, -0.05) is 13.0 Å². The van der Waals surface area contributed by atoms with Crippen LogP contribution in [0.15, 0.2) is 60.7 Å². The minimum absolute atomic E-state index is 0.177. The molecular weight excluding hydrogens is 439 g/mol. The number of hydrogen-bond acceptors (Lipinski definition) is 3. The number of aromatic nitrogens is 1. The van der Waals surface area contributed by atoms with Crippen LogP contribution >= 0.6 is 22.6 Å². The van der Waals surface area contributed by atoms with Gasteiger partial charge in [0, 0.05) is 21.0 Å². The van der Waals surface area contributed by atoms with Crippen molar-refractivity contribution in [1.29, 1.82) is 0 Å². The van der Waals surface area contributed by atoms with Crippen LogP contribution in [0, 0.1) is 10.5 Å². The number of ether oxygens (including phenoxy) is 1. The highest BCUT2D eigenvalue weighted by molar-refractivity contribution is 14.1. The van der Waals surface area contributed by atoms with E-state index < -0.39 is 0 Å². The van der Waals surface area contributed by atoms with Crippen molar-refractivity contribution in [2.45, 2.75) is 20.3 Å². The van der Waals surface area contributed by atoms with Gasteiger partial charge < -0.3 is 10.1 Å². The Morgan fingerprint density at radius 2 is 1.85 bits per heavy atom. The summed E-state index contributed by atoms with van der Waals surface area (Å²) < 4.78 is 7.00. The molecule has 0 unspecified atom stereocenters. The molecule has 4 nitrogen and oxygen atoms in total. The van der Waals surface area contributed by atoms with Gasteiger partial charge in [0.15, 0.2) is 0 Å². The Balaban J connectivity index is 1.74. The molecule has 0 aliphatic heterocycles. The van der Waals surface area contributed by atoms with Crippen molar-refractivity contribution in [3.05, 3.63) is 81.2 Å². The van der Waals surface area contributed by atoms with E-state index in [0.717, 1.165) is 27.1 Å². The summed E-state index contributed by atoms with van der Waals surface area (Å²) in [5.41, 5.74) is 2.96. The van der Waals surface area contributed by atoms with Gasteiger partial charge in [0.2, 0.25) is 0 Å². The molecular formula is C21H19IN2O2. The standard InChI is InChI=1S/C21H19IN2O2/c1-3-16-9-12-20(14(2)23-16)21(25)24-17-5-4-6-19(13-17)26-18-10-7-15(22)8-11-18/h4-13H,3H2,1-2H3,(H,24,25). The van der Waals surface area contributed by atoms with Crippen LogP contribution in [0.5, 0.6) is 11.5 Å². The maximum atomic E-state index is 12.5. The van der Waals surface area contributed by atoms with Crippen LogP contribution in [-0.4, -0.2) is 10.9 Å². The maximum absolute atomic E-state index is 12.5. The lowest BCUT2D eigenvalue weighted by atomic mass is 10.1. The largest absolute Gasteiger partial charge is 0.457 e. The summed E-state index contributed by atoms with van der Waals surface area (Å²) in [6, 6.07) is 18.9. The lowest BCUT2D eigenvalue weighted by Gasteiger charge is -2.10. The highest BCUT2D eigenvalue weighted by Gasteiger charge is 2.11. The Hall–Kier alpha value is -2.41. The summed E-state index contributed by atoms with van der Waals surface area (Å²) in [6.07, 6.45) is 0.848. The van der Waals surface area contributed by atoms with Crippen molar-refractivity contribution in [3.63, 3.8) is 0 Å². The Bertz CT molecular complexity index is 924. The van der Waals surface area contributed by atoms with Crippen LogP contribution in [0.25, 0.3) is 0 Å². The lowest BCUT2D eigenvalue weighted by molar-refractivity contribution is 0.102. The Morgan fingerprint density at radius 3 is 2.54 bits per heavy atom. The number of hydrogen-bond donors (Lipinski definition) is 1. The van der Waals surface area contributed by atoms with Crippen LogP contribution in [0.3, 0.4) is 0 Å². The van der Waals surface area contributed by atoms with E-state index in [1.807, 2.05) is 68.4 Å². The van der Waals surface area contributed by atoms with Gasteiger partial charge in [-0.2, -0.15) is 0 Å². The summed E-state index contributed by atoms with van der Waals surface area (Å²) in [5, 5.41) is 2.91. The number of nitrogens with one attached hydrogen (secondary N) is 1. The molecule has 0 radical (unpaired) electrons. The first-order valence-electron chi connectivity index (χ1n) is 8.36. The number of rotatable bonds is 5. The number of anilines is 1. The van der Waals surface area contributed by atoms with Crippen LogP contribution in [-0.2, 0) is 6.42 Å². The molecule has 5 heteroatoms. The molecule has 1 N–H and O–H groups in total. The molecule has 0 spiro atoms. The van der Waals surface area contributed by atoms with Gasteiger partial charge in [0.25, 0.3) is 5.91 Å². The average Bonchev–Trinajstić information content (AvgIpc) is 2.63. The fourth-order valence-electron chi connectivity index (χ4n) is 2.52. The number of carbonyl (C=O) groups is 1. The zero-order valence-corrected chi connectivity index (χ0v) is 16.8. The van der Waals surface area contributed by atoms with Gasteiger partial charge in [-0.05, 0) is 84.5 Å². The quantitative estimate of drug-likeness (QED) is 0.507. The van der Waals surface area contributed by atoms with E-state index in [1.54, 1.807) is 6.07 Å². The molecule has 0 atom stereocenters. The number of carbonyl (C=O) groups excluding carboxylic acids is 1. The molecule has 0 aliphatic rings. The van der Waals surface area contributed by atoms with Crippen LogP contribution in [0.2, 0.25) is 0 Å². The molecule has 3 rings (SSSR count). The van der Waals surface area contributed by atoms with E-state index in [0.29, 0.717) is 17.0 Å². The van der Waals surface area contributed by atoms with Crippen molar-refractivity contribution < 1.29 is 9.53 Å². The van der Waals surface area contributed by atoms with Crippen LogP contribution in [0.1, 0.15) is 28.7 Å². The van der Waals surface area contributed by atoms with E-state index in [2.05, 4.69) is 32.9 Å². The second kappa shape index (κ2) is 8.31.